The zero-order valence-electron chi connectivity index (χ0n) is 14.7. The quantitative estimate of drug-likeness (QED) is 0.749. The molecule has 1 aromatic heterocycles. The van der Waals surface area contributed by atoms with Crippen LogP contribution in [0.5, 0.6) is 0 Å². The van der Waals surface area contributed by atoms with E-state index in [2.05, 4.69) is 42.2 Å². The van der Waals surface area contributed by atoms with Gasteiger partial charge in [0.2, 0.25) is 0 Å². The van der Waals surface area contributed by atoms with E-state index in [1.54, 1.807) is 0 Å². The summed E-state index contributed by atoms with van der Waals surface area (Å²) < 4.78 is 0. The largest absolute Gasteiger partial charge is 0.361 e. The molecule has 1 aliphatic rings. The number of nitrogens with zero attached hydrogens (tertiary/aromatic N) is 1. The first-order chi connectivity index (χ1) is 12.2. The predicted molar refractivity (Wildman–Crippen MR) is 102 cm³/mol. The van der Waals surface area contributed by atoms with Crippen molar-refractivity contribution in [3.05, 3.63) is 71.4 Å². The number of amides is 1. The van der Waals surface area contributed by atoms with Crippen molar-refractivity contribution in [1.29, 1.82) is 0 Å². The van der Waals surface area contributed by atoms with E-state index in [1.165, 1.54) is 11.1 Å². The van der Waals surface area contributed by atoms with Crippen molar-refractivity contribution in [2.24, 2.45) is 5.92 Å². The van der Waals surface area contributed by atoms with Gasteiger partial charge in [-0.1, -0.05) is 30.3 Å². The molecule has 0 radical (unpaired) electrons. The Morgan fingerprint density at radius 3 is 2.64 bits per heavy atom. The maximum Gasteiger partial charge on any atom is 0.253 e. The highest BCUT2D eigenvalue weighted by Crippen LogP contribution is 2.24. The molecule has 1 amide bonds. The lowest BCUT2D eigenvalue weighted by molar-refractivity contribution is 0.0691. The molecule has 3 nitrogen and oxygen atoms in total. The first-order valence-electron chi connectivity index (χ1n) is 9.11. The second-order valence-corrected chi connectivity index (χ2v) is 7.16. The van der Waals surface area contributed by atoms with Gasteiger partial charge in [-0.2, -0.15) is 0 Å². The Morgan fingerprint density at radius 2 is 1.88 bits per heavy atom. The molecule has 1 aliphatic heterocycles. The highest BCUT2D eigenvalue weighted by Gasteiger charge is 2.24. The molecule has 3 heteroatoms. The molecule has 1 fully saturated rings. The Labute approximate surface area is 148 Å². The highest BCUT2D eigenvalue weighted by molar-refractivity contribution is 5.98. The third-order valence-corrected chi connectivity index (χ3v) is 5.40. The van der Waals surface area contributed by atoms with Crippen molar-refractivity contribution in [2.75, 3.05) is 13.1 Å². The molecule has 2 aromatic carbocycles. The normalized spacial score (nSPS) is 15.6. The maximum atomic E-state index is 12.9. The second kappa shape index (κ2) is 6.75. The van der Waals surface area contributed by atoms with Crippen molar-refractivity contribution in [3.8, 4) is 0 Å². The average molecular weight is 332 g/mol. The Balaban J connectivity index is 1.41. The number of likely N-dealkylation sites (tertiary alicyclic amines) is 1. The number of carbonyl (C=O) groups excluding carboxylic acids is 1. The van der Waals surface area contributed by atoms with E-state index in [-0.39, 0.29) is 5.91 Å². The molecule has 4 rings (SSSR count). The first-order valence-corrected chi connectivity index (χ1v) is 9.11. The monoisotopic (exact) mass is 332 g/mol. The number of piperidine rings is 1. The molecule has 0 atom stereocenters. The van der Waals surface area contributed by atoms with Crippen LogP contribution in [0, 0.1) is 12.8 Å². The van der Waals surface area contributed by atoms with Crippen LogP contribution in [0.4, 0.5) is 0 Å². The number of H-pyrrole nitrogens is 1. The van der Waals surface area contributed by atoms with E-state index >= 15 is 0 Å². The van der Waals surface area contributed by atoms with Gasteiger partial charge >= 0.3 is 0 Å². The lowest BCUT2D eigenvalue weighted by atomic mass is 9.90. The minimum atomic E-state index is 0.167. The summed E-state index contributed by atoms with van der Waals surface area (Å²) in [5.41, 5.74) is 4.49. The van der Waals surface area contributed by atoms with Gasteiger partial charge in [-0.3, -0.25) is 4.79 Å². The van der Waals surface area contributed by atoms with Crippen molar-refractivity contribution in [3.63, 3.8) is 0 Å². The van der Waals surface area contributed by atoms with Gasteiger partial charge in [0.05, 0.1) is 0 Å². The fraction of sp³-hybridized carbons (Fsp3) is 0.318. The number of aromatic amines is 1. The zero-order valence-corrected chi connectivity index (χ0v) is 14.7. The number of carbonyl (C=O) groups is 1. The molecular formula is C22H24N2O. The third kappa shape index (κ3) is 3.32. The number of nitrogens with one attached hydrogen (secondary N) is 1. The van der Waals surface area contributed by atoms with Crippen LogP contribution in [0.2, 0.25) is 0 Å². The van der Waals surface area contributed by atoms with Gasteiger partial charge in [-0.05, 0) is 61.4 Å². The molecule has 0 aliphatic carbocycles. The standard InChI is InChI=1S/C22H24N2O/c1-16-15-23-21-8-7-19(14-20(16)21)22(25)24-11-9-18(10-12-24)13-17-5-3-2-4-6-17/h2-8,14-15,18,23H,9-13H2,1H3. The molecule has 128 valence electrons. The van der Waals surface area contributed by atoms with E-state index in [9.17, 15) is 4.79 Å². The molecule has 0 unspecified atom stereocenters. The Hall–Kier alpha value is -2.55. The fourth-order valence-electron chi connectivity index (χ4n) is 3.86. The second-order valence-electron chi connectivity index (χ2n) is 7.16. The van der Waals surface area contributed by atoms with Crippen molar-refractivity contribution in [2.45, 2.75) is 26.2 Å². The molecule has 0 spiro atoms. The lowest BCUT2D eigenvalue weighted by Crippen LogP contribution is -2.38. The zero-order chi connectivity index (χ0) is 17.2. The Morgan fingerprint density at radius 1 is 1.12 bits per heavy atom. The van der Waals surface area contributed by atoms with E-state index in [1.807, 2.05) is 29.3 Å². The summed E-state index contributed by atoms with van der Waals surface area (Å²) in [6.45, 7) is 3.79. The van der Waals surface area contributed by atoms with Gasteiger partial charge < -0.3 is 9.88 Å². The van der Waals surface area contributed by atoms with Crippen LogP contribution >= 0.6 is 0 Å². The summed E-state index contributed by atoms with van der Waals surface area (Å²) in [6.07, 6.45) is 5.30. The third-order valence-electron chi connectivity index (χ3n) is 5.40. The number of hydrogen-bond donors (Lipinski definition) is 1. The van der Waals surface area contributed by atoms with Crippen LogP contribution in [-0.4, -0.2) is 28.9 Å². The molecule has 1 saturated heterocycles. The van der Waals surface area contributed by atoms with Crippen molar-refractivity contribution >= 4 is 16.8 Å². The Kier molecular flexibility index (Phi) is 4.31. The predicted octanol–water partition coefficient (Wildman–Crippen LogP) is 4.57. The topological polar surface area (TPSA) is 36.1 Å². The minimum Gasteiger partial charge on any atom is -0.361 e. The van der Waals surface area contributed by atoms with Gasteiger partial charge in [0, 0.05) is 35.8 Å². The van der Waals surface area contributed by atoms with Crippen molar-refractivity contribution < 1.29 is 4.79 Å². The molecule has 1 N–H and O–H groups in total. The summed E-state index contributed by atoms with van der Waals surface area (Å²) in [5.74, 6) is 0.849. The number of fused-ring (bicyclic) bond motifs is 1. The first kappa shape index (κ1) is 15.9. The van der Waals surface area contributed by atoms with Gasteiger partial charge in [-0.15, -0.1) is 0 Å². The van der Waals surface area contributed by atoms with Crippen LogP contribution in [0.25, 0.3) is 10.9 Å². The summed E-state index contributed by atoms with van der Waals surface area (Å²) >= 11 is 0. The fourth-order valence-corrected chi connectivity index (χ4v) is 3.86. The summed E-state index contributed by atoms with van der Waals surface area (Å²) in [6, 6.07) is 16.7. The van der Waals surface area contributed by atoms with Gasteiger partial charge in [0.15, 0.2) is 0 Å². The van der Waals surface area contributed by atoms with Gasteiger partial charge in [-0.25, -0.2) is 0 Å². The number of benzene rings is 2. The number of hydrogen-bond acceptors (Lipinski definition) is 1. The van der Waals surface area contributed by atoms with E-state index in [4.69, 9.17) is 0 Å². The highest BCUT2D eigenvalue weighted by atomic mass is 16.2. The van der Waals surface area contributed by atoms with E-state index in [0.29, 0.717) is 5.92 Å². The average Bonchev–Trinajstić information content (AvgIpc) is 3.03. The van der Waals surface area contributed by atoms with E-state index in [0.717, 1.165) is 48.8 Å². The summed E-state index contributed by atoms with van der Waals surface area (Å²) in [5, 5.41) is 1.14. The number of aryl methyl sites for hydroxylation is 1. The lowest BCUT2D eigenvalue weighted by Gasteiger charge is -2.32. The van der Waals surface area contributed by atoms with Crippen LogP contribution < -0.4 is 0 Å². The maximum absolute atomic E-state index is 12.9. The molecular weight excluding hydrogens is 308 g/mol. The van der Waals surface area contributed by atoms with Crippen LogP contribution in [0.3, 0.4) is 0 Å². The van der Waals surface area contributed by atoms with E-state index < -0.39 is 0 Å². The van der Waals surface area contributed by atoms with Crippen LogP contribution in [0.15, 0.2) is 54.7 Å². The molecule has 3 aromatic rings. The molecule has 2 heterocycles. The van der Waals surface area contributed by atoms with Crippen LogP contribution in [0.1, 0.15) is 34.3 Å². The summed E-state index contributed by atoms with van der Waals surface area (Å²) in [4.78, 5) is 18.1. The molecule has 25 heavy (non-hydrogen) atoms. The number of rotatable bonds is 3. The smallest absolute Gasteiger partial charge is 0.253 e. The number of aromatic nitrogens is 1. The van der Waals surface area contributed by atoms with Gasteiger partial charge in [0.25, 0.3) is 5.91 Å². The SMILES string of the molecule is Cc1c[nH]c2ccc(C(=O)N3CCC(Cc4ccccc4)CC3)cc12. The van der Waals surface area contributed by atoms with Gasteiger partial charge in [0.1, 0.15) is 0 Å². The molecule has 0 bridgehead atoms. The van der Waals surface area contributed by atoms with Crippen molar-refractivity contribution in [1.82, 2.24) is 9.88 Å². The molecule has 0 saturated carbocycles. The minimum absolute atomic E-state index is 0.167. The van der Waals surface area contributed by atoms with Crippen LogP contribution in [-0.2, 0) is 6.42 Å². The summed E-state index contributed by atoms with van der Waals surface area (Å²) in [7, 11) is 0. The Bertz CT molecular complexity index is 873.